The van der Waals surface area contributed by atoms with E-state index in [-0.39, 0.29) is 23.8 Å². The molecule has 0 aliphatic heterocycles. The molecule has 0 atom stereocenters. The van der Waals surface area contributed by atoms with Crippen molar-refractivity contribution in [3.05, 3.63) is 82.5 Å². The quantitative estimate of drug-likeness (QED) is 0.248. The molecule has 0 saturated carbocycles. The maximum Gasteiger partial charge on any atom is 0.303 e. The molecule has 0 saturated heterocycles. The zero-order chi connectivity index (χ0) is 26.0. The summed E-state index contributed by atoms with van der Waals surface area (Å²) in [6, 6.07) is 15.9. The van der Waals surface area contributed by atoms with Crippen LogP contribution in [-0.4, -0.2) is 29.6 Å². The van der Waals surface area contributed by atoms with Crippen LogP contribution in [0.15, 0.2) is 71.8 Å². The van der Waals surface area contributed by atoms with Gasteiger partial charge in [-0.25, -0.2) is 12.4 Å². The Kier molecular flexibility index (Phi) is 7.49. The molecule has 1 heterocycles. The molecule has 3 aromatic carbocycles. The van der Waals surface area contributed by atoms with Gasteiger partial charge in [-0.3, -0.25) is 4.79 Å². The topological polar surface area (TPSA) is 94.8 Å². The highest BCUT2D eigenvalue weighted by Gasteiger charge is 2.23. The summed E-state index contributed by atoms with van der Waals surface area (Å²) in [6.07, 6.45) is 1.42. The maximum atomic E-state index is 13.7. The maximum absolute atomic E-state index is 13.7. The first-order valence-electron chi connectivity index (χ1n) is 11.1. The van der Waals surface area contributed by atoms with Crippen LogP contribution in [-0.2, 0) is 21.2 Å². The van der Waals surface area contributed by atoms with Gasteiger partial charge in [-0.1, -0.05) is 29.3 Å². The third kappa shape index (κ3) is 5.61. The highest BCUT2D eigenvalue weighted by atomic mass is 35.5. The van der Waals surface area contributed by atoms with Crippen LogP contribution in [0, 0.1) is 0 Å². The van der Waals surface area contributed by atoms with E-state index < -0.39 is 16.0 Å². The van der Waals surface area contributed by atoms with Gasteiger partial charge in [0.25, 0.3) is 10.0 Å². The number of fused-ring (bicyclic) bond motifs is 1. The Morgan fingerprint density at radius 1 is 0.972 bits per heavy atom. The minimum Gasteiger partial charge on any atom is -0.491 e. The Hall–Kier alpha value is -3.20. The summed E-state index contributed by atoms with van der Waals surface area (Å²) in [5.74, 6) is 0.297. The first-order chi connectivity index (χ1) is 17.0. The van der Waals surface area contributed by atoms with Crippen LogP contribution < -0.4 is 9.47 Å². The number of hydrogen-bond acceptors (Lipinski definition) is 5. The van der Waals surface area contributed by atoms with E-state index in [0.29, 0.717) is 43.8 Å². The first kappa shape index (κ1) is 25.9. The van der Waals surface area contributed by atoms with Crippen molar-refractivity contribution in [3.63, 3.8) is 0 Å². The number of halogens is 2. The number of carbonyl (C=O) groups is 1. The van der Waals surface area contributed by atoms with E-state index in [2.05, 4.69) is 0 Å². The number of aryl methyl sites for hydroxylation is 1. The van der Waals surface area contributed by atoms with Gasteiger partial charge < -0.3 is 14.6 Å². The third-order valence-corrected chi connectivity index (χ3v) is 7.70. The highest BCUT2D eigenvalue weighted by molar-refractivity contribution is 7.90. The van der Waals surface area contributed by atoms with E-state index in [9.17, 15) is 13.2 Å². The number of rotatable bonds is 9. The molecule has 0 amide bonds. The smallest absolute Gasteiger partial charge is 0.303 e. The number of carboxylic acid groups (broad SMARTS) is 1. The van der Waals surface area contributed by atoms with Crippen molar-refractivity contribution in [1.82, 2.24) is 3.97 Å². The van der Waals surface area contributed by atoms with Gasteiger partial charge in [0.05, 0.1) is 26.6 Å². The lowest BCUT2D eigenvalue weighted by Gasteiger charge is -2.12. The van der Waals surface area contributed by atoms with Gasteiger partial charge in [0, 0.05) is 30.1 Å². The van der Waals surface area contributed by atoms with Crippen LogP contribution in [0.5, 0.6) is 17.2 Å². The molecule has 0 unspecified atom stereocenters. The van der Waals surface area contributed by atoms with Crippen LogP contribution in [0.1, 0.15) is 25.8 Å². The largest absolute Gasteiger partial charge is 0.491 e. The number of benzene rings is 3. The number of ether oxygens (including phenoxy) is 2. The van der Waals surface area contributed by atoms with Crippen LogP contribution >= 0.6 is 23.2 Å². The second-order valence-corrected chi connectivity index (χ2v) is 11.0. The molecule has 10 heteroatoms. The Morgan fingerprint density at radius 2 is 1.69 bits per heavy atom. The molecule has 7 nitrogen and oxygen atoms in total. The predicted octanol–water partition coefficient (Wildman–Crippen LogP) is 6.78. The molecule has 188 valence electrons. The van der Waals surface area contributed by atoms with Gasteiger partial charge in [-0.2, -0.15) is 0 Å². The number of aliphatic carboxylic acids is 1. The van der Waals surface area contributed by atoms with Crippen molar-refractivity contribution < 1.29 is 27.8 Å². The molecule has 0 fully saturated rings. The van der Waals surface area contributed by atoms with E-state index in [1.807, 2.05) is 13.8 Å². The highest BCUT2D eigenvalue weighted by Crippen LogP contribution is 2.33. The second kappa shape index (κ2) is 10.4. The molecule has 4 rings (SSSR count). The van der Waals surface area contributed by atoms with Crippen molar-refractivity contribution in [1.29, 1.82) is 0 Å². The fourth-order valence-corrected chi connectivity index (χ4v) is 5.43. The fraction of sp³-hybridized carbons (Fsp3) is 0.192. The minimum absolute atomic E-state index is 0.00394. The Balaban J connectivity index is 1.75. The van der Waals surface area contributed by atoms with Crippen molar-refractivity contribution in [2.75, 3.05) is 0 Å². The van der Waals surface area contributed by atoms with Gasteiger partial charge in [0.15, 0.2) is 0 Å². The van der Waals surface area contributed by atoms with E-state index >= 15 is 0 Å². The first-order valence-corrected chi connectivity index (χ1v) is 13.2. The van der Waals surface area contributed by atoms with E-state index in [4.69, 9.17) is 37.8 Å². The average Bonchev–Trinajstić information content (AvgIpc) is 3.18. The van der Waals surface area contributed by atoms with Crippen LogP contribution in [0.2, 0.25) is 10.0 Å². The summed E-state index contributed by atoms with van der Waals surface area (Å²) in [5, 5.41) is 10.5. The molecule has 4 aromatic rings. The average molecular weight is 548 g/mol. The Bertz CT molecular complexity index is 1550. The monoisotopic (exact) mass is 547 g/mol. The number of aromatic nitrogens is 1. The fourth-order valence-electron chi connectivity index (χ4n) is 3.72. The lowest BCUT2D eigenvalue weighted by molar-refractivity contribution is -0.136. The number of carboxylic acids is 1. The van der Waals surface area contributed by atoms with Crippen molar-refractivity contribution in [2.24, 2.45) is 0 Å². The molecular weight excluding hydrogens is 525 g/mol. The molecular formula is C26H23Cl2NO6S. The lowest BCUT2D eigenvalue weighted by atomic mass is 10.1. The molecule has 0 radical (unpaired) electrons. The lowest BCUT2D eigenvalue weighted by Crippen LogP contribution is -2.12. The minimum atomic E-state index is -4.05. The summed E-state index contributed by atoms with van der Waals surface area (Å²) in [6.45, 7) is 3.77. The van der Waals surface area contributed by atoms with E-state index in [1.165, 1.54) is 24.4 Å². The molecule has 36 heavy (non-hydrogen) atoms. The standard InChI is InChI=1S/C26H23Cl2NO6S/c1-16(2)34-19-8-10-25-22(13-19)17(6-11-26(30)31)15-29(25)36(32,33)21-5-3-4-18(12-21)35-20-7-9-23(27)24(28)14-20/h3-5,7-10,12-16H,6,11H2,1-2H3,(H,30,31). The van der Waals surface area contributed by atoms with E-state index in [0.717, 1.165) is 3.97 Å². The second-order valence-electron chi connectivity index (χ2n) is 8.35. The van der Waals surface area contributed by atoms with Gasteiger partial charge >= 0.3 is 5.97 Å². The Labute approximate surface area is 218 Å². The molecule has 0 aliphatic rings. The molecule has 1 aromatic heterocycles. The predicted molar refractivity (Wildman–Crippen MR) is 139 cm³/mol. The summed E-state index contributed by atoms with van der Waals surface area (Å²) in [5.41, 5.74) is 1.01. The van der Waals surface area contributed by atoms with Crippen LogP contribution in [0.25, 0.3) is 10.9 Å². The molecule has 0 spiro atoms. The van der Waals surface area contributed by atoms with Crippen LogP contribution in [0.4, 0.5) is 0 Å². The normalized spacial score (nSPS) is 11.7. The van der Waals surface area contributed by atoms with Crippen LogP contribution in [0.3, 0.4) is 0 Å². The number of nitrogens with zero attached hydrogens (tertiary/aromatic N) is 1. The third-order valence-electron chi connectivity index (χ3n) is 5.29. The summed E-state index contributed by atoms with van der Waals surface area (Å²) in [4.78, 5) is 11.2. The zero-order valence-corrected chi connectivity index (χ0v) is 21.8. The summed E-state index contributed by atoms with van der Waals surface area (Å²) >= 11 is 12.0. The zero-order valence-electron chi connectivity index (χ0n) is 19.4. The summed E-state index contributed by atoms with van der Waals surface area (Å²) < 4.78 is 40.1. The van der Waals surface area contributed by atoms with Gasteiger partial charge in [0.1, 0.15) is 17.2 Å². The van der Waals surface area contributed by atoms with E-state index in [1.54, 1.807) is 42.5 Å². The van der Waals surface area contributed by atoms with Crippen molar-refractivity contribution >= 4 is 50.1 Å². The molecule has 0 aliphatic carbocycles. The Morgan fingerprint density at radius 3 is 2.39 bits per heavy atom. The van der Waals surface area contributed by atoms with Gasteiger partial charge in [-0.05, 0) is 68.3 Å². The number of hydrogen-bond donors (Lipinski definition) is 1. The SMILES string of the molecule is CC(C)Oc1ccc2c(c1)c(CCC(=O)O)cn2S(=O)(=O)c1cccc(Oc2ccc(Cl)c(Cl)c2)c1. The van der Waals surface area contributed by atoms with Crippen molar-refractivity contribution in [3.8, 4) is 17.2 Å². The van der Waals surface area contributed by atoms with Crippen molar-refractivity contribution in [2.45, 2.75) is 37.7 Å². The molecule has 0 bridgehead atoms. The van der Waals surface area contributed by atoms with Gasteiger partial charge in [-0.15, -0.1) is 0 Å². The molecule has 1 N–H and O–H groups in total. The van der Waals surface area contributed by atoms with Gasteiger partial charge in [0.2, 0.25) is 0 Å². The summed E-state index contributed by atoms with van der Waals surface area (Å²) in [7, 11) is -4.05.